The molecule has 1 atom stereocenters. The van der Waals surface area contributed by atoms with Crippen LogP contribution in [0.15, 0.2) is 48.7 Å². The van der Waals surface area contributed by atoms with E-state index in [9.17, 15) is 4.79 Å². The van der Waals surface area contributed by atoms with Crippen LogP contribution in [0.25, 0.3) is 0 Å². The molecule has 4 nitrogen and oxygen atoms in total. The maximum Gasteiger partial charge on any atom is 0.261 e. The number of hydrogen-bond acceptors (Lipinski definition) is 4. The van der Waals surface area contributed by atoms with Crippen molar-refractivity contribution < 1.29 is 9.53 Å². The first-order valence-electron chi connectivity index (χ1n) is 7.88. The lowest BCUT2D eigenvalue weighted by Crippen LogP contribution is -2.42. The third-order valence-corrected chi connectivity index (χ3v) is 5.30. The summed E-state index contributed by atoms with van der Waals surface area (Å²) in [6.07, 6.45) is 2.77. The largest absolute Gasteiger partial charge is 0.484 e. The molecule has 2 heterocycles. The number of thioether (sulfide) groups is 1. The first-order chi connectivity index (χ1) is 11.7. The number of ether oxygens (including phenoxy) is 1. The van der Waals surface area contributed by atoms with Crippen molar-refractivity contribution in [2.24, 2.45) is 0 Å². The molecule has 24 heavy (non-hydrogen) atoms. The van der Waals surface area contributed by atoms with Crippen molar-refractivity contribution in [2.45, 2.75) is 19.0 Å². The van der Waals surface area contributed by atoms with Crippen LogP contribution in [0.3, 0.4) is 0 Å². The van der Waals surface area contributed by atoms with Gasteiger partial charge in [0.2, 0.25) is 0 Å². The van der Waals surface area contributed by atoms with E-state index >= 15 is 0 Å². The lowest BCUT2D eigenvalue weighted by molar-refractivity contribution is -0.136. The summed E-state index contributed by atoms with van der Waals surface area (Å²) in [6, 6.07) is 13.1. The Balaban J connectivity index is 1.65. The van der Waals surface area contributed by atoms with Crippen LogP contribution in [0.1, 0.15) is 12.1 Å². The second kappa shape index (κ2) is 8.40. The first-order valence-corrected chi connectivity index (χ1v) is 9.41. The van der Waals surface area contributed by atoms with Crippen molar-refractivity contribution in [3.05, 3.63) is 59.4 Å². The Hall–Kier alpha value is -1.72. The lowest BCUT2D eigenvalue weighted by atomic mass is 10.2. The predicted molar refractivity (Wildman–Crippen MR) is 97.5 cm³/mol. The number of hydrogen-bond donors (Lipinski definition) is 0. The Kier molecular flexibility index (Phi) is 5.99. The zero-order chi connectivity index (χ0) is 16.8. The molecule has 0 N–H and O–H groups in total. The summed E-state index contributed by atoms with van der Waals surface area (Å²) in [5.74, 6) is 2.70. The van der Waals surface area contributed by atoms with Gasteiger partial charge in [-0.25, -0.2) is 0 Å². The van der Waals surface area contributed by atoms with Crippen LogP contribution >= 0.6 is 23.4 Å². The van der Waals surface area contributed by atoms with Crippen molar-refractivity contribution in [3.63, 3.8) is 0 Å². The minimum atomic E-state index is -0.0110. The summed E-state index contributed by atoms with van der Waals surface area (Å²) >= 11 is 7.75. The Bertz CT molecular complexity index is 660. The number of rotatable bonds is 6. The zero-order valence-electron chi connectivity index (χ0n) is 13.2. The number of pyridine rings is 1. The van der Waals surface area contributed by atoms with Gasteiger partial charge in [-0.15, -0.1) is 0 Å². The third kappa shape index (κ3) is 4.65. The summed E-state index contributed by atoms with van der Waals surface area (Å²) in [4.78, 5) is 19.0. The van der Waals surface area contributed by atoms with Crippen molar-refractivity contribution in [1.82, 2.24) is 9.88 Å². The molecule has 0 radical (unpaired) electrons. The zero-order valence-corrected chi connectivity index (χ0v) is 14.8. The van der Waals surface area contributed by atoms with E-state index in [0.717, 1.165) is 23.6 Å². The number of halogens is 1. The Labute approximate surface area is 151 Å². The molecule has 0 bridgehead atoms. The second-order valence-corrected chi connectivity index (χ2v) is 7.19. The summed E-state index contributed by atoms with van der Waals surface area (Å²) in [5, 5.41) is 0.647. The molecule has 6 heteroatoms. The summed E-state index contributed by atoms with van der Waals surface area (Å²) in [6.45, 7) is 0.546. The van der Waals surface area contributed by atoms with Crippen LogP contribution in [0.4, 0.5) is 0 Å². The average Bonchev–Trinajstić information content (AvgIpc) is 3.14. The first kappa shape index (κ1) is 17.1. The Morgan fingerprint density at radius 3 is 2.79 bits per heavy atom. The van der Waals surface area contributed by atoms with E-state index in [4.69, 9.17) is 16.3 Å². The summed E-state index contributed by atoms with van der Waals surface area (Å²) in [5.41, 5.74) is 0.897. The highest BCUT2D eigenvalue weighted by atomic mass is 35.5. The minimum Gasteiger partial charge on any atom is -0.484 e. The number of nitrogens with zero attached hydrogens (tertiary/aromatic N) is 2. The average molecular weight is 363 g/mol. The number of carbonyl (C=O) groups excluding carboxylic acids is 1. The van der Waals surface area contributed by atoms with Crippen LogP contribution in [0.2, 0.25) is 5.02 Å². The SMILES string of the molecule is O=C(COc1ccc(Cl)cc1)N(Cc1ccccn1)[C@@H]1CCSC1. The fourth-order valence-corrected chi connectivity index (χ4v) is 3.96. The summed E-state index contributed by atoms with van der Waals surface area (Å²) < 4.78 is 5.62. The molecule has 3 rings (SSSR count). The van der Waals surface area contributed by atoms with E-state index in [-0.39, 0.29) is 18.6 Å². The molecule has 1 amide bonds. The molecule has 1 aromatic carbocycles. The van der Waals surface area contributed by atoms with Crippen molar-refractivity contribution in [3.8, 4) is 5.75 Å². The van der Waals surface area contributed by atoms with E-state index in [1.54, 1.807) is 30.5 Å². The van der Waals surface area contributed by atoms with Gasteiger partial charge in [-0.3, -0.25) is 9.78 Å². The highest BCUT2D eigenvalue weighted by Crippen LogP contribution is 2.24. The molecule has 1 aromatic heterocycles. The second-order valence-electron chi connectivity index (χ2n) is 5.60. The predicted octanol–water partition coefficient (Wildman–Crippen LogP) is 3.65. The molecule has 1 fully saturated rings. The number of benzene rings is 1. The molecule has 0 saturated carbocycles. The Morgan fingerprint density at radius 2 is 2.12 bits per heavy atom. The van der Waals surface area contributed by atoms with Crippen LogP contribution in [-0.4, -0.2) is 39.9 Å². The van der Waals surface area contributed by atoms with Gasteiger partial charge in [0.1, 0.15) is 5.75 Å². The van der Waals surface area contributed by atoms with Gasteiger partial charge in [-0.05, 0) is 48.6 Å². The fourth-order valence-electron chi connectivity index (χ4n) is 2.61. The normalized spacial score (nSPS) is 16.8. The van der Waals surface area contributed by atoms with Crippen molar-refractivity contribution >= 4 is 29.3 Å². The van der Waals surface area contributed by atoms with Gasteiger partial charge >= 0.3 is 0 Å². The molecular weight excluding hydrogens is 344 g/mol. The van der Waals surface area contributed by atoms with Crippen LogP contribution in [-0.2, 0) is 11.3 Å². The van der Waals surface area contributed by atoms with Gasteiger partial charge in [-0.1, -0.05) is 17.7 Å². The van der Waals surface area contributed by atoms with E-state index in [1.165, 1.54) is 0 Å². The standard InChI is InChI=1S/C18H19ClN2O2S/c19-14-4-6-17(7-5-14)23-12-18(22)21(16-8-10-24-13-16)11-15-3-1-2-9-20-15/h1-7,9,16H,8,10-13H2/t16-/m1/s1. The Morgan fingerprint density at radius 1 is 1.29 bits per heavy atom. The molecular formula is C18H19ClN2O2S. The highest BCUT2D eigenvalue weighted by Gasteiger charge is 2.27. The molecule has 1 saturated heterocycles. The van der Waals surface area contributed by atoms with Crippen LogP contribution in [0.5, 0.6) is 5.75 Å². The summed E-state index contributed by atoms with van der Waals surface area (Å²) in [7, 11) is 0. The van der Waals surface area contributed by atoms with Gasteiger partial charge in [0.05, 0.1) is 12.2 Å². The number of carbonyl (C=O) groups is 1. The van der Waals surface area contributed by atoms with Gasteiger partial charge in [-0.2, -0.15) is 11.8 Å². The molecule has 0 spiro atoms. The van der Waals surface area contributed by atoms with E-state index in [1.807, 2.05) is 34.9 Å². The fraction of sp³-hybridized carbons (Fsp3) is 0.333. The molecule has 1 aliphatic heterocycles. The molecule has 2 aromatic rings. The van der Waals surface area contributed by atoms with E-state index < -0.39 is 0 Å². The number of aromatic nitrogens is 1. The quantitative estimate of drug-likeness (QED) is 0.786. The smallest absolute Gasteiger partial charge is 0.261 e. The van der Waals surface area contributed by atoms with E-state index in [2.05, 4.69) is 4.98 Å². The van der Waals surface area contributed by atoms with Crippen LogP contribution in [0, 0.1) is 0 Å². The van der Waals surface area contributed by atoms with Gasteiger partial charge in [0, 0.05) is 23.0 Å². The van der Waals surface area contributed by atoms with Crippen LogP contribution < -0.4 is 4.74 Å². The van der Waals surface area contributed by atoms with Crippen molar-refractivity contribution in [1.29, 1.82) is 0 Å². The maximum atomic E-state index is 12.7. The third-order valence-electron chi connectivity index (χ3n) is 3.90. The molecule has 1 aliphatic rings. The van der Waals surface area contributed by atoms with Crippen molar-refractivity contribution in [2.75, 3.05) is 18.1 Å². The van der Waals surface area contributed by atoms with E-state index in [0.29, 0.717) is 17.3 Å². The highest BCUT2D eigenvalue weighted by molar-refractivity contribution is 7.99. The number of amides is 1. The monoisotopic (exact) mass is 362 g/mol. The maximum absolute atomic E-state index is 12.7. The van der Waals surface area contributed by atoms with Gasteiger partial charge < -0.3 is 9.64 Å². The lowest BCUT2D eigenvalue weighted by Gasteiger charge is -2.28. The van der Waals surface area contributed by atoms with Gasteiger partial charge in [0.15, 0.2) is 6.61 Å². The topological polar surface area (TPSA) is 42.4 Å². The molecule has 0 aliphatic carbocycles. The van der Waals surface area contributed by atoms with Gasteiger partial charge in [0.25, 0.3) is 5.91 Å². The molecule has 0 unspecified atom stereocenters. The minimum absolute atomic E-state index is 0.0110. The molecule has 126 valence electrons.